The molecule has 1 aliphatic heterocycles. The first-order valence-corrected chi connectivity index (χ1v) is 7.17. The lowest BCUT2D eigenvalue weighted by Gasteiger charge is -2.31. The van der Waals surface area contributed by atoms with Crippen LogP contribution in [0.25, 0.3) is 0 Å². The van der Waals surface area contributed by atoms with E-state index in [0.717, 1.165) is 12.3 Å². The van der Waals surface area contributed by atoms with E-state index in [0.29, 0.717) is 26.0 Å². The molecular formula is C14H16ClFN2O3. The van der Waals surface area contributed by atoms with Gasteiger partial charge in [0.05, 0.1) is 24.3 Å². The van der Waals surface area contributed by atoms with Crippen LogP contribution in [0.2, 0.25) is 5.15 Å². The number of hydrogen-bond donors (Lipinski definition) is 0. The second kappa shape index (κ2) is 6.85. The maximum absolute atomic E-state index is 13.2. The summed E-state index contributed by atoms with van der Waals surface area (Å²) in [6.45, 7) is 2.80. The predicted molar refractivity (Wildman–Crippen MR) is 74.5 cm³/mol. The number of piperidine rings is 1. The fraction of sp³-hybridized carbons (Fsp3) is 0.500. The molecule has 1 aromatic rings. The molecule has 1 fully saturated rings. The molecule has 0 saturated carbocycles. The van der Waals surface area contributed by atoms with E-state index in [9.17, 15) is 14.0 Å². The van der Waals surface area contributed by atoms with Crippen LogP contribution in [-0.4, -0.2) is 41.5 Å². The lowest BCUT2D eigenvalue weighted by Crippen LogP contribution is -2.43. The molecule has 7 heteroatoms. The normalized spacial score (nSPS) is 18.4. The monoisotopic (exact) mass is 314 g/mol. The minimum Gasteiger partial charge on any atom is -0.466 e. The van der Waals surface area contributed by atoms with Gasteiger partial charge in [0.1, 0.15) is 11.0 Å². The van der Waals surface area contributed by atoms with Crippen LogP contribution in [0.15, 0.2) is 12.3 Å². The summed E-state index contributed by atoms with van der Waals surface area (Å²) in [7, 11) is 0. The number of esters is 1. The van der Waals surface area contributed by atoms with E-state index < -0.39 is 11.7 Å². The topological polar surface area (TPSA) is 59.5 Å². The van der Waals surface area contributed by atoms with Crippen molar-refractivity contribution in [2.75, 3.05) is 19.7 Å². The first-order chi connectivity index (χ1) is 10.0. The minimum absolute atomic E-state index is 0.0150. The summed E-state index contributed by atoms with van der Waals surface area (Å²) in [6.07, 6.45) is 2.32. The summed E-state index contributed by atoms with van der Waals surface area (Å²) in [6, 6.07) is 1.06. The first-order valence-electron chi connectivity index (χ1n) is 6.80. The zero-order chi connectivity index (χ0) is 15.4. The van der Waals surface area contributed by atoms with Gasteiger partial charge in [-0.15, -0.1) is 0 Å². The van der Waals surface area contributed by atoms with Crippen LogP contribution in [0.5, 0.6) is 0 Å². The molecule has 0 unspecified atom stereocenters. The van der Waals surface area contributed by atoms with Crippen molar-refractivity contribution in [1.29, 1.82) is 0 Å². The number of aromatic nitrogens is 1. The van der Waals surface area contributed by atoms with Gasteiger partial charge in [0.15, 0.2) is 0 Å². The van der Waals surface area contributed by atoms with Crippen LogP contribution < -0.4 is 0 Å². The van der Waals surface area contributed by atoms with Crippen molar-refractivity contribution >= 4 is 23.5 Å². The maximum Gasteiger partial charge on any atom is 0.310 e. The number of carbonyl (C=O) groups excluding carboxylic acids is 2. The highest BCUT2D eigenvalue weighted by molar-refractivity contribution is 6.32. The second-order valence-corrected chi connectivity index (χ2v) is 5.19. The summed E-state index contributed by atoms with van der Waals surface area (Å²) in [5, 5.41) is -0.0420. The largest absolute Gasteiger partial charge is 0.466 e. The number of rotatable bonds is 3. The van der Waals surface area contributed by atoms with Gasteiger partial charge in [0.25, 0.3) is 5.91 Å². The Labute approximate surface area is 127 Å². The molecule has 0 aliphatic carbocycles. The van der Waals surface area contributed by atoms with E-state index in [2.05, 4.69) is 4.98 Å². The average Bonchev–Trinajstić information content (AvgIpc) is 2.49. The molecule has 0 spiro atoms. The van der Waals surface area contributed by atoms with Crippen molar-refractivity contribution in [3.63, 3.8) is 0 Å². The molecule has 0 aromatic carbocycles. The molecule has 1 aromatic heterocycles. The van der Waals surface area contributed by atoms with Crippen molar-refractivity contribution in [2.24, 2.45) is 5.92 Å². The van der Waals surface area contributed by atoms with Gasteiger partial charge >= 0.3 is 5.97 Å². The van der Waals surface area contributed by atoms with E-state index in [-0.39, 0.29) is 29.1 Å². The van der Waals surface area contributed by atoms with Gasteiger partial charge in [-0.2, -0.15) is 0 Å². The Morgan fingerprint density at radius 3 is 3.05 bits per heavy atom. The Kier molecular flexibility index (Phi) is 5.12. The second-order valence-electron chi connectivity index (χ2n) is 4.83. The Morgan fingerprint density at radius 1 is 1.57 bits per heavy atom. The molecule has 21 heavy (non-hydrogen) atoms. The van der Waals surface area contributed by atoms with Crippen molar-refractivity contribution < 1.29 is 18.7 Å². The number of halogens is 2. The smallest absolute Gasteiger partial charge is 0.310 e. The molecule has 2 heterocycles. The molecular weight excluding hydrogens is 299 g/mol. The van der Waals surface area contributed by atoms with E-state index in [1.807, 2.05) is 0 Å². The third kappa shape index (κ3) is 3.69. The fourth-order valence-electron chi connectivity index (χ4n) is 2.36. The van der Waals surface area contributed by atoms with Gasteiger partial charge in [-0.25, -0.2) is 9.37 Å². The third-order valence-corrected chi connectivity index (χ3v) is 3.67. The maximum atomic E-state index is 13.2. The number of likely N-dealkylation sites (tertiary alicyclic amines) is 1. The van der Waals surface area contributed by atoms with Crippen molar-refractivity contribution in [2.45, 2.75) is 19.8 Å². The number of nitrogens with zero attached hydrogens (tertiary/aromatic N) is 2. The zero-order valence-electron chi connectivity index (χ0n) is 11.6. The lowest BCUT2D eigenvalue weighted by atomic mass is 9.97. The van der Waals surface area contributed by atoms with Crippen molar-refractivity contribution in [3.05, 3.63) is 28.8 Å². The van der Waals surface area contributed by atoms with E-state index in [4.69, 9.17) is 16.3 Å². The first kappa shape index (κ1) is 15.7. The van der Waals surface area contributed by atoms with Crippen LogP contribution in [0.3, 0.4) is 0 Å². The molecule has 1 aliphatic rings. The zero-order valence-corrected chi connectivity index (χ0v) is 12.4. The molecule has 0 bridgehead atoms. The lowest BCUT2D eigenvalue weighted by molar-refractivity contribution is -0.149. The average molecular weight is 315 g/mol. The molecule has 114 valence electrons. The third-order valence-electron chi connectivity index (χ3n) is 3.36. The quantitative estimate of drug-likeness (QED) is 0.634. The summed E-state index contributed by atoms with van der Waals surface area (Å²) < 4.78 is 18.2. The van der Waals surface area contributed by atoms with Crippen LogP contribution >= 0.6 is 11.6 Å². The minimum atomic E-state index is -0.623. The Balaban J connectivity index is 2.12. The van der Waals surface area contributed by atoms with Crippen LogP contribution in [0.4, 0.5) is 4.39 Å². The van der Waals surface area contributed by atoms with Gasteiger partial charge in [-0.05, 0) is 25.8 Å². The predicted octanol–water partition coefficient (Wildman–Crippen LogP) is 2.29. The summed E-state index contributed by atoms with van der Waals surface area (Å²) in [4.78, 5) is 29.3. The van der Waals surface area contributed by atoms with Crippen LogP contribution in [0.1, 0.15) is 30.1 Å². The fourth-order valence-corrected chi connectivity index (χ4v) is 2.54. The van der Waals surface area contributed by atoms with Gasteiger partial charge < -0.3 is 9.64 Å². The van der Waals surface area contributed by atoms with Crippen LogP contribution in [0, 0.1) is 11.7 Å². The number of pyridine rings is 1. The number of hydrogen-bond acceptors (Lipinski definition) is 4. The standard InChI is InChI=1S/C14H16ClFN2O3/c1-2-21-14(20)9-4-3-5-18(8-9)13(19)11-6-10(16)7-17-12(11)15/h6-7,9H,2-5,8H2,1H3/t9-/m1/s1. The molecule has 5 nitrogen and oxygen atoms in total. The van der Waals surface area contributed by atoms with Crippen LogP contribution in [-0.2, 0) is 9.53 Å². The van der Waals surface area contributed by atoms with Gasteiger partial charge in [0, 0.05) is 13.1 Å². The van der Waals surface area contributed by atoms with E-state index >= 15 is 0 Å². The molecule has 0 radical (unpaired) electrons. The van der Waals surface area contributed by atoms with Gasteiger partial charge in [-0.3, -0.25) is 9.59 Å². The summed E-state index contributed by atoms with van der Waals surface area (Å²) in [5.74, 6) is -1.69. The van der Waals surface area contributed by atoms with Crippen molar-refractivity contribution in [1.82, 2.24) is 9.88 Å². The summed E-state index contributed by atoms with van der Waals surface area (Å²) in [5.41, 5.74) is 0.0150. The van der Waals surface area contributed by atoms with Gasteiger partial charge in [-0.1, -0.05) is 11.6 Å². The van der Waals surface area contributed by atoms with E-state index in [1.165, 1.54) is 4.90 Å². The Bertz CT molecular complexity index is 553. The molecule has 1 saturated heterocycles. The number of ether oxygens (including phenoxy) is 1. The van der Waals surface area contributed by atoms with E-state index in [1.54, 1.807) is 6.92 Å². The van der Waals surface area contributed by atoms with Crippen molar-refractivity contribution in [3.8, 4) is 0 Å². The molecule has 0 N–H and O–H groups in total. The summed E-state index contributed by atoms with van der Waals surface area (Å²) >= 11 is 5.84. The molecule has 1 amide bonds. The molecule has 1 atom stereocenters. The SMILES string of the molecule is CCOC(=O)[C@@H]1CCCN(C(=O)c2cc(F)cnc2Cl)C1. The number of amides is 1. The highest BCUT2D eigenvalue weighted by atomic mass is 35.5. The Morgan fingerprint density at radius 2 is 2.33 bits per heavy atom. The highest BCUT2D eigenvalue weighted by Crippen LogP contribution is 2.22. The number of carbonyl (C=O) groups is 2. The van der Waals surface area contributed by atoms with Gasteiger partial charge in [0.2, 0.25) is 0 Å². The highest BCUT2D eigenvalue weighted by Gasteiger charge is 2.30. The Hall–Kier alpha value is -1.69. The molecule has 2 rings (SSSR count).